The molecule has 1 fully saturated rings. The minimum Gasteiger partial charge on any atom is -0.497 e. The fourth-order valence-electron chi connectivity index (χ4n) is 4.98. The molecule has 1 aliphatic heterocycles. The molecule has 4 heterocycles. The van der Waals surface area contributed by atoms with Gasteiger partial charge in [0, 0.05) is 73.1 Å². The third-order valence-electron chi connectivity index (χ3n) is 7.15. The van der Waals surface area contributed by atoms with Crippen LogP contribution in [0.25, 0.3) is 17.1 Å². The summed E-state index contributed by atoms with van der Waals surface area (Å²) in [6.07, 6.45) is 6.85. The van der Waals surface area contributed by atoms with Gasteiger partial charge in [-0.25, -0.2) is 14.6 Å². The van der Waals surface area contributed by atoms with E-state index in [-0.39, 0.29) is 18.4 Å². The van der Waals surface area contributed by atoms with Crippen molar-refractivity contribution in [2.75, 3.05) is 30.4 Å². The summed E-state index contributed by atoms with van der Waals surface area (Å²) in [5, 5.41) is 11.3. The highest BCUT2D eigenvalue weighted by Crippen LogP contribution is 2.29. The van der Waals surface area contributed by atoms with Crippen molar-refractivity contribution < 1.29 is 18.8 Å². The second-order valence-electron chi connectivity index (χ2n) is 10.1. The molecule has 1 amide bonds. The second-order valence-corrected chi connectivity index (χ2v) is 10.1. The molecule has 11 nitrogen and oxygen atoms in total. The first-order chi connectivity index (χ1) is 20.5. The molecule has 1 N–H and O–H groups in total. The van der Waals surface area contributed by atoms with Crippen LogP contribution in [0.5, 0.6) is 11.5 Å². The lowest BCUT2D eigenvalue weighted by molar-refractivity contribution is -0.120. The zero-order valence-electron chi connectivity index (χ0n) is 23.4. The monoisotopic (exact) mass is 565 g/mol. The average Bonchev–Trinajstić information content (AvgIpc) is 3.72. The molecule has 6 rings (SSSR count). The molecule has 0 spiro atoms. The van der Waals surface area contributed by atoms with Gasteiger partial charge in [-0.2, -0.15) is 5.10 Å². The van der Waals surface area contributed by atoms with Crippen LogP contribution in [-0.2, 0) is 11.4 Å². The Morgan fingerprint density at radius 1 is 1.05 bits per heavy atom. The minimum atomic E-state index is -0.123. The van der Waals surface area contributed by atoms with Crippen molar-refractivity contribution in [2.24, 2.45) is 5.92 Å². The predicted molar refractivity (Wildman–Crippen MR) is 157 cm³/mol. The topological polar surface area (TPSA) is 120 Å². The van der Waals surface area contributed by atoms with Gasteiger partial charge in [-0.1, -0.05) is 17.3 Å². The third-order valence-corrected chi connectivity index (χ3v) is 7.15. The zero-order valence-corrected chi connectivity index (χ0v) is 23.4. The summed E-state index contributed by atoms with van der Waals surface area (Å²) in [4.78, 5) is 24.8. The second kappa shape index (κ2) is 12.1. The van der Waals surface area contributed by atoms with Crippen LogP contribution in [-0.4, -0.2) is 51.0 Å². The Morgan fingerprint density at radius 2 is 1.90 bits per heavy atom. The highest BCUT2D eigenvalue weighted by Gasteiger charge is 2.26. The Labute approximate surface area is 243 Å². The largest absolute Gasteiger partial charge is 0.497 e. The summed E-state index contributed by atoms with van der Waals surface area (Å²) in [7, 11) is 1.58. The van der Waals surface area contributed by atoms with Crippen molar-refractivity contribution in [3.8, 4) is 28.6 Å². The number of anilines is 2. The summed E-state index contributed by atoms with van der Waals surface area (Å²) in [5.41, 5.74) is 3.16. The zero-order chi connectivity index (χ0) is 28.9. The molecule has 0 unspecified atom stereocenters. The van der Waals surface area contributed by atoms with Crippen LogP contribution >= 0.6 is 0 Å². The van der Waals surface area contributed by atoms with Crippen molar-refractivity contribution in [1.29, 1.82) is 0 Å². The number of amides is 1. The maximum Gasteiger partial charge on any atom is 0.227 e. The summed E-state index contributed by atoms with van der Waals surface area (Å²) < 4.78 is 18.2. The molecule has 42 heavy (non-hydrogen) atoms. The predicted octanol–water partition coefficient (Wildman–Crippen LogP) is 5.07. The molecule has 0 atom stereocenters. The van der Waals surface area contributed by atoms with Gasteiger partial charge in [-0.05, 0) is 44.0 Å². The number of piperidine rings is 1. The van der Waals surface area contributed by atoms with Crippen LogP contribution in [0, 0.1) is 12.8 Å². The molecule has 3 aromatic heterocycles. The van der Waals surface area contributed by atoms with E-state index in [2.05, 4.69) is 25.5 Å². The number of rotatable bonds is 9. The number of carbonyl (C=O) groups excluding carboxylic acids is 1. The Kier molecular flexibility index (Phi) is 7.80. The molecule has 0 radical (unpaired) electrons. The van der Waals surface area contributed by atoms with Gasteiger partial charge in [-0.3, -0.25) is 4.79 Å². The number of hydrogen-bond acceptors (Lipinski definition) is 9. The van der Waals surface area contributed by atoms with E-state index in [1.54, 1.807) is 37.7 Å². The molecule has 5 aromatic rings. The Morgan fingerprint density at radius 3 is 2.67 bits per heavy atom. The maximum atomic E-state index is 13.2. The lowest BCUT2D eigenvalue weighted by Gasteiger charge is -2.32. The van der Waals surface area contributed by atoms with E-state index in [4.69, 9.17) is 19.0 Å². The molecule has 0 saturated carbocycles. The molecular formula is C31H31N7O4. The van der Waals surface area contributed by atoms with Gasteiger partial charge in [0.25, 0.3) is 0 Å². The number of hydrogen-bond donors (Lipinski definition) is 1. The molecule has 1 saturated heterocycles. The van der Waals surface area contributed by atoms with E-state index >= 15 is 0 Å². The van der Waals surface area contributed by atoms with Crippen LogP contribution in [0.2, 0.25) is 0 Å². The fraction of sp³-hybridized carbons (Fsp3) is 0.258. The van der Waals surface area contributed by atoms with Gasteiger partial charge in [0.05, 0.1) is 12.8 Å². The van der Waals surface area contributed by atoms with Crippen molar-refractivity contribution in [3.05, 3.63) is 90.7 Å². The number of nitrogens with zero attached hydrogens (tertiary/aromatic N) is 6. The number of aryl methyl sites for hydroxylation is 1. The van der Waals surface area contributed by atoms with Gasteiger partial charge in [-0.15, -0.1) is 0 Å². The highest BCUT2D eigenvalue weighted by molar-refractivity contribution is 5.93. The number of nitrogens with one attached hydrogen (secondary N) is 1. The van der Waals surface area contributed by atoms with Crippen LogP contribution in [0.4, 0.5) is 11.5 Å². The summed E-state index contributed by atoms with van der Waals surface area (Å²) in [5.74, 6) is 3.21. The Hall–Kier alpha value is -5.19. The first-order valence-electron chi connectivity index (χ1n) is 13.8. The van der Waals surface area contributed by atoms with E-state index in [0.29, 0.717) is 54.6 Å². The molecule has 11 heteroatoms. The van der Waals surface area contributed by atoms with Gasteiger partial charge in [0.1, 0.15) is 35.4 Å². The highest BCUT2D eigenvalue weighted by atomic mass is 16.5. The van der Waals surface area contributed by atoms with Crippen LogP contribution in [0.15, 0.2) is 83.8 Å². The normalized spacial score (nSPS) is 13.6. The number of benzene rings is 2. The first kappa shape index (κ1) is 27.0. The van der Waals surface area contributed by atoms with Gasteiger partial charge in [0.2, 0.25) is 5.91 Å². The van der Waals surface area contributed by atoms with Crippen molar-refractivity contribution >= 4 is 17.4 Å². The van der Waals surface area contributed by atoms with Gasteiger partial charge in [0.15, 0.2) is 5.82 Å². The van der Waals surface area contributed by atoms with Crippen molar-refractivity contribution in [2.45, 2.75) is 26.4 Å². The maximum absolute atomic E-state index is 13.2. The van der Waals surface area contributed by atoms with E-state index < -0.39 is 0 Å². The van der Waals surface area contributed by atoms with E-state index in [1.165, 1.54) is 0 Å². The van der Waals surface area contributed by atoms with Gasteiger partial charge >= 0.3 is 0 Å². The first-order valence-corrected chi connectivity index (χ1v) is 13.8. The van der Waals surface area contributed by atoms with Crippen LogP contribution < -0.4 is 19.7 Å². The quantitative estimate of drug-likeness (QED) is 0.261. The molecule has 1 aliphatic rings. The smallest absolute Gasteiger partial charge is 0.227 e. The van der Waals surface area contributed by atoms with Crippen molar-refractivity contribution in [1.82, 2.24) is 24.9 Å². The number of methoxy groups -OCH3 is 1. The lowest BCUT2D eigenvalue weighted by atomic mass is 9.95. The number of aromatic nitrogens is 5. The van der Waals surface area contributed by atoms with Crippen molar-refractivity contribution in [3.63, 3.8) is 0 Å². The van der Waals surface area contributed by atoms with Crippen LogP contribution in [0.1, 0.15) is 24.3 Å². The van der Waals surface area contributed by atoms with E-state index in [1.807, 2.05) is 60.3 Å². The summed E-state index contributed by atoms with van der Waals surface area (Å²) >= 11 is 0. The SMILES string of the molecule is COc1cc(NC(=O)C2CCN(c3ccnc(-c4cccc(-n5cccn5)c4)n3)CC2)cc(OCc2cc(C)on2)c1. The molecule has 0 bridgehead atoms. The molecule has 2 aromatic carbocycles. The standard InChI is InChI=1S/C31H31N7O4/c1-21-15-25(36-42-21)20-41-28-18-24(17-27(19-28)40-2)34-31(39)22-8-13-37(14-9-22)29-7-11-32-30(35-29)23-5-3-6-26(16-23)38-12-4-10-33-38/h3-7,10-12,15-19,22H,8-9,13-14,20H2,1-2H3,(H,34,39). The van der Waals surface area contributed by atoms with E-state index in [9.17, 15) is 4.79 Å². The summed E-state index contributed by atoms with van der Waals surface area (Å²) in [6, 6.07) is 18.9. The number of carbonyl (C=O) groups is 1. The minimum absolute atomic E-state index is 0.0280. The average molecular weight is 566 g/mol. The van der Waals surface area contributed by atoms with Gasteiger partial charge < -0.3 is 24.2 Å². The molecular weight excluding hydrogens is 534 g/mol. The fourth-order valence-corrected chi connectivity index (χ4v) is 4.98. The Balaban J connectivity index is 1.07. The molecule has 0 aliphatic carbocycles. The van der Waals surface area contributed by atoms with Crippen LogP contribution in [0.3, 0.4) is 0 Å². The molecule has 214 valence electrons. The Bertz CT molecular complexity index is 1660. The lowest BCUT2D eigenvalue weighted by Crippen LogP contribution is -2.38. The number of ether oxygens (including phenoxy) is 2. The third kappa shape index (κ3) is 6.25. The van der Waals surface area contributed by atoms with E-state index in [0.717, 1.165) is 22.8 Å². The summed E-state index contributed by atoms with van der Waals surface area (Å²) in [6.45, 7) is 3.50.